The van der Waals surface area contributed by atoms with Gasteiger partial charge in [-0.3, -0.25) is 9.59 Å². The molecule has 2 heterocycles. The highest BCUT2D eigenvalue weighted by atomic mass is 16.5. The van der Waals surface area contributed by atoms with Gasteiger partial charge in [-0.25, -0.2) is 0 Å². The number of ether oxygens (including phenoxy) is 1. The molecule has 0 unspecified atom stereocenters. The van der Waals surface area contributed by atoms with E-state index in [9.17, 15) is 9.59 Å². The Kier molecular flexibility index (Phi) is 4.67. The minimum absolute atomic E-state index is 0.0496. The van der Waals surface area contributed by atoms with Gasteiger partial charge in [-0.2, -0.15) is 4.98 Å². The smallest absolute Gasteiger partial charge is 0.316 e. The molecular formula is C12H13N3O6. The average Bonchev–Trinajstić information content (AvgIpc) is 2.93. The Morgan fingerprint density at radius 3 is 3.05 bits per heavy atom. The third-order valence-corrected chi connectivity index (χ3v) is 2.41. The molecule has 112 valence electrons. The molecule has 9 nitrogen and oxygen atoms in total. The number of aliphatic hydroxyl groups is 1. The number of nitrogens with one attached hydrogen (secondary N) is 1. The molecule has 0 aliphatic rings. The zero-order valence-electron chi connectivity index (χ0n) is 11.2. The van der Waals surface area contributed by atoms with E-state index in [0.29, 0.717) is 5.76 Å². The Morgan fingerprint density at radius 1 is 1.52 bits per heavy atom. The number of carbonyl (C=O) groups is 1. The van der Waals surface area contributed by atoms with Gasteiger partial charge in [0, 0.05) is 12.6 Å². The number of rotatable bonds is 6. The first-order valence-corrected chi connectivity index (χ1v) is 6.04. The number of aromatic nitrogens is 2. The predicted molar refractivity (Wildman–Crippen MR) is 67.8 cm³/mol. The zero-order valence-corrected chi connectivity index (χ0v) is 11.2. The van der Waals surface area contributed by atoms with Gasteiger partial charge >= 0.3 is 11.8 Å². The van der Waals surface area contributed by atoms with E-state index in [2.05, 4.69) is 15.5 Å². The summed E-state index contributed by atoms with van der Waals surface area (Å²) in [6.45, 7) is 1.32. The molecule has 1 amide bonds. The van der Waals surface area contributed by atoms with E-state index in [4.69, 9.17) is 18.8 Å². The van der Waals surface area contributed by atoms with Crippen LogP contribution in [0.5, 0.6) is 5.75 Å². The number of carbonyl (C=O) groups excluding carboxylic acids is 1. The molecule has 0 aliphatic heterocycles. The van der Waals surface area contributed by atoms with Gasteiger partial charge in [0.05, 0.1) is 12.9 Å². The molecule has 21 heavy (non-hydrogen) atoms. The van der Waals surface area contributed by atoms with Crippen molar-refractivity contribution in [2.24, 2.45) is 0 Å². The van der Waals surface area contributed by atoms with Crippen molar-refractivity contribution in [1.82, 2.24) is 15.5 Å². The van der Waals surface area contributed by atoms with Crippen LogP contribution in [0.3, 0.4) is 0 Å². The fourth-order valence-corrected chi connectivity index (χ4v) is 1.46. The molecule has 0 spiro atoms. The normalized spacial score (nSPS) is 10.4. The van der Waals surface area contributed by atoms with Gasteiger partial charge in [0.2, 0.25) is 17.0 Å². The standard InChI is InChI=1S/C12H13N3O6/c1-7-10(8(17)2-5-19-7)20-6-9-14-12(21-15-9)11(18)13-3-4-16/h2,5,16H,3-4,6H2,1H3,(H,13,18). The number of hydrogen-bond donors (Lipinski definition) is 2. The largest absolute Gasteiger partial charge is 0.478 e. The van der Waals surface area contributed by atoms with Gasteiger partial charge in [-0.05, 0) is 6.92 Å². The first-order valence-electron chi connectivity index (χ1n) is 6.04. The van der Waals surface area contributed by atoms with Crippen LogP contribution in [0.25, 0.3) is 0 Å². The molecule has 0 fully saturated rings. The van der Waals surface area contributed by atoms with E-state index < -0.39 is 5.91 Å². The molecule has 0 atom stereocenters. The summed E-state index contributed by atoms with van der Waals surface area (Å²) in [5.41, 5.74) is -0.330. The Hall–Kier alpha value is -2.68. The van der Waals surface area contributed by atoms with Crippen molar-refractivity contribution < 1.29 is 23.6 Å². The lowest BCUT2D eigenvalue weighted by atomic mass is 10.4. The molecule has 2 aromatic heterocycles. The number of aliphatic hydroxyl groups excluding tert-OH is 1. The molecule has 9 heteroatoms. The minimum Gasteiger partial charge on any atom is -0.478 e. The average molecular weight is 295 g/mol. The summed E-state index contributed by atoms with van der Waals surface area (Å²) in [5, 5.41) is 14.5. The summed E-state index contributed by atoms with van der Waals surface area (Å²) in [4.78, 5) is 26.8. The molecule has 0 bridgehead atoms. The molecule has 2 rings (SSSR count). The molecule has 0 saturated heterocycles. The van der Waals surface area contributed by atoms with Gasteiger partial charge in [0.25, 0.3) is 0 Å². The van der Waals surface area contributed by atoms with Crippen molar-refractivity contribution in [3.63, 3.8) is 0 Å². The third kappa shape index (κ3) is 3.66. The number of aryl methyl sites for hydroxylation is 1. The highest BCUT2D eigenvalue weighted by Crippen LogP contribution is 2.12. The monoisotopic (exact) mass is 295 g/mol. The summed E-state index contributed by atoms with van der Waals surface area (Å²) in [6.07, 6.45) is 1.27. The van der Waals surface area contributed by atoms with Crippen LogP contribution in [-0.2, 0) is 6.61 Å². The highest BCUT2D eigenvalue weighted by Gasteiger charge is 2.15. The lowest BCUT2D eigenvalue weighted by Crippen LogP contribution is -2.26. The zero-order chi connectivity index (χ0) is 15.2. The summed E-state index contributed by atoms with van der Waals surface area (Å²) in [7, 11) is 0. The maximum Gasteiger partial charge on any atom is 0.316 e. The molecular weight excluding hydrogens is 282 g/mol. The van der Waals surface area contributed by atoms with Crippen LogP contribution in [0.1, 0.15) is 22.3 Å². The van der Waals surface area contributed by atoms with Gasteiger partial charge in [-0.1, -0.05) is 5.16 Å². The summed E-state index contributed by atoms with van der Waals surface area (Å²) < 4.78 is 15.0. The maximum absolute atomic E-state index is 11.6. The van der Waals surface area contributed by atoms with E-state index in [0.717, 1.165) is 0 Å². The van der Waals surface area contributed by atoms with E-state index in [-0.39, 0.29) is 42.7 Å². The van der Waals surface area contributed by atoms with Crippen molar-refractivity contribution in [2.75, 3.05) is 13.2 Å². The third-order valence-electron chi connectivity index (χ3n) is 2.41. The first kappa shape index (κ1) is 14.7. The molecule has 0 aliphatic carbocycles. The molecule has 2 N–H and O–H groups in total. The first-order chi connectivity index (χ1) is 10.1. The predicted octanol–water partition coefficient (Wildman–Crippen LogP) is -0.368. The topological polar surface area (TPSA) is 128 Å². The second-order valence-electron chi connectivity index (χ2n) is 3.95. The van der Waals surface area contributed by atoms with Gasteiger partial charge in [0.15, 0.2) is 6.61 Å². The van der Waals surface area contributed by atoms with Gasteiger partial charge in [-0.15, -0.1) is 0 Å². The fourth-order valence-electron chi connectivity index (χ4n) is 1.46. The maximum atomic E-state index is 11.6. The van der Waals surface area contributed by atoms with Crippen LogP contribution < -0.4 is 15.5 Å². The second-order valence-corrected chi connectivity index (χ2v) is 3.95. The van der Waals surface area contributed by atoms with Gasteiger partial charge in [0.1, 0.15) is 5.76 Å². The van der Waals surface area contributed by atoms with Crippen molar-refractivity contribution in [3.05, 3.63) is 40.0 Å². The molecule has 0 radical (unpaired) electrons. The lowest BCUT2D eigenvalue weighted by molar-refractivity contribution is 0.0901. The van der Waals surface area contributed by atoms with Gasteiger partial charge < -0.3 is 24.1 Å². The van der Waals surface area contributed by atoms with Crippen LogP contribution in [0, 0.1) is 6.92 Å². The number of nitrogens with zero attached hydrogens (tertiary/aromatic N) is 2. The Balaban J connectivity index is 2.00. The lowest BCUT2D eigenvalue weighted by Gasteiger charge is -2.03. The second kappa shape index (κ2) is 6.66. The van der Waals surface area contributed by atoms with E-state index in [1.165, 1.54) is 12.3 Å². The van der Waals surface area contributed by atoms with Crippen LogP contribution in [0.15, 0.2) is 26.1 Å². The van der Waals surface area contributed by atoms with Crippen LogP contribution in [0.2, 0.25) is 0 Å². The number of hydrogen-bond acceptors (Lipinski definition) is 8. The number of amides is 1. The van der Waals surface area contributed by atoms with Crippen molar-refractivity contribution in [1.29, 1.82) is 0 Å². The van der Waals surface area contributed by atoms with E-state index in [1.807, 2.05) is 0 Å². The van der Waals surface area contributed by atoms with Crippen LogP contribution in [-0.4, -0.2) is 34.3 Å². The molecule has 0 aromatic carbocycles. The van der Waals surface area contributed by atoms with Crippen LogP contribution >= 0.6 is 0 Å². The van der Waals surface area contributed by atoms with E-state index in [1.54, 1.807) is 6.92 Å². The Bertz CT molecular complexity index is 678. The SMILES string of the molecule is Cc1occc(=O)c1OCc1noc(C(=O)NCCO)n1. The quantitative estimate of drug-likeness (QED) is 0.739. The molecule has 0 saturated carbocycles. The Labute approximate surface area is 118 Å². The Morgan fingerprint density at radius 2 is 2.33 bits per heavy atom. The minimum atomic E-state index is -0.599. The summed E-state index contributed by atoms with van der Waals surface area (Å²) in [6, 6.07) is 1.23. The van der Waals surface area contributed by atoms with Crippen molar-refractivity contribution in [3.8, 4) is 5.75 Å². The van der Waals surface area contributed by atoms with Crippen LogP contribution in [0.4, 0.5) is 0 Å². The highest BCUT2D eigenvalue weighted by molar-refractivity contribution is 5.89. The molecule has 2 aromatic rings. The van der Waals surface area contributed by atoms with Crippen molar-refractivity contribution >= 4 is 5.91 Å². The summed E-state index contributed by atoms with van der Waals surface area (Å²) >= 11 is 0. The fraction of sp³-hybridized carbons (Fsp3) is 0.333. The van der Waals surface area contributed by atoms with Crippen molar-refractivity contribution in [2.45, 2.75) is 13.5 Å². The summed E-state index contributed by atoms with van der Waals surface area (Å²) in [5.74, 6) is -0.371. The van der Waals surface area contributed by atoms with E-state index >= 15 is 0 Å².